The third-order valence-corrected chi connectivity index (χ3v) is 13.5. The summed E-state index contributed by atoms with van der Waals surface area (Å²) in [4.78, 5) is 0. The Morgan fingerprint density at radius 3 is 1.42 bits per heavy atom. The predicted octanol–water partition coefficient (Wildman–Crippen LogP) is 13.1. The minimum atomic E-state index is 0.725. The summed E-state index contributed by atoms with van der Waals surface area (Å²) in [5, 5.41) is 5.22. The summed E-state index contributed by atoms with van der Waals surface area (Å²) < 4.78 is 5.00. The highest BCUT2D eigenvalue weighted by molar-refractivity contribution is 6.19. The van der Waals surface area contributed by atoms with E-state index in [-0.39, 0.29) is 0 Å². The molecule has 0 spiro atoms. The number of para-hydroxylation sites is 3. The fourth-order valence-corrected chi connectivity index (χ4v) is 11.4. The molecule has 8 aromatic rings. The molecule has 2 fully saturated rings. The summed E-state index contributed by atoms with van der Waals surface area (Å²) in [6.07, 6.45) is 11.0. The highest BCUT2D eigenvalue weighted by atomic mass is 15.0. The molecular formula is C48H40N2. The van der Waals surface area contributed by atoms with E-state index in [4.69, 9.17) is 0 Å². The fraction of sp³-hybridized carbons (Fsp3) is 0.250. The van der Waals surface area contributed by atoms with Crippen LogP contribution in [0.15, 0.2) is 121 Å². The number of benzene rings is 6. The van der Waals surface area contributed by atoms with E-state index in [9.17, 15) is 0 Å². The van der Waals surface area contributed by atoms with Gasteiger partial charge in [-0.2, -0.15) is 0 Å². The lowest BCUT2D eigenvalue weighted by Crippen LogP contribution is -2.28. The van der Waals surface area contributed by atoms with Gasteiger partial charge in [0.2, 0.25) is 0 Å². The van der Waals surface area contributed by atoms with Gasteiger partial charge in [0, 0.05) is 32.9 Å². The normalized spacial score (nSPS) is 22.2. The van der Waals surface area contributed by atoms with Crippen LogP contribution in [0.2, 0.25) is 0 Å². The lowest BCUT2D eigenvalue weighted by Gasteiger charge is -2.46. The van der Waals surface area contributed by atoms with Crippen LogP contribution >= 0.6 is 0 Å². The topological polar surface area (TPSA) is 9.86 Å². The number of rotatable bonds is 3. The first-order valence-corrected chi connectivity index (χ1v) is 19.1. The summed E-state index contributed by atoms with van der Waals surface area (Å²) >= 11 is 0. The number of aromatic nitrogens is 2. The Morgan fingerprint density at radius 2 is 0.840 bits per heavy atom. The highest BCUT2D eigenvalue weighted by Crippen LogP contribution is 2.60. The third kappa shape index (κ3) is 3.69. The van der Waals surface area contributed by atoms with Crippen molar-refractivity contribution in [2.75, 3.05) is 0 Å². The SMILES string of the molecule is c1ccc(-n2c3ccccc3c3cc4c(cc32)c2ccccc2n4-c2cccc(-c3c4c(cc5c3C3CCC5CC3)C3CCC4CC3)c2)cc1. The van der Waals surface area contributed by atoms with Gasteiger partial charge in [-0.15, -0.1) is 0 Å². The Morgan fingerprint density at radius 1 is 0.360 bits per heavy atom. The largest absolute Gasteiger partial charge is 0.309 e. The van der Waals surface area contributed by atoms with E-state index >= 15 is 0 Å². The van der Waals surface area contributed by atoms with E-state index < -0.39 is 0 Å². The number of fused-ring (bicyclic) bond motifs is 10. The molecule has 0 unspecified atom stereocenters. The second kappa shape index (κ2) is 10.2. The van der Waals surface area contributed by atoms with Crippen molar-refractivity contribution in [2.45, 2.75) is 75.0 Å². The minimum absolute atomic E-state index is 0.725. The summed E-state index contributed by atoms with van der Waals surface area (Å²) in [5.41, 5.74) is 17.6. The minimum Gasteiger partial charge on any atom is -0.309 e. The number of nitrogens with zero attached hydrogens (tertiary/aromatic N) is 2. The third-order valence-electron chi connectivity index (χ3n) is 13.5. The van der Waals surface area contributed by atoms with E-state index in [0.717, 1.165) is 23.7 Å². The second-order valence-corrected chi connectivity index (χ2v) is 15.8. The molecule has 2 heterocycles. The van der Waals surface area contributed by atoms with Gasteiger partial charge in [-0.25, -0.2) is 0 Å². The van der Waals surface area contributed by atoms with Crippen molar-refractivity contribution >= 4 is 43.6 Å². The predicted molar refractivity (Wildman–Crippen MR) is 208 cm³/mol. The zero-order chi connectivity index (χ0) is 32.5. The summed E-state index contributed by atoms with van der Waals surface area (Å²) in [6.45, 7) is 0. The standard InChI is InChI=1S/C48H40N2/c1-2-10-34(11-3-1)49-42-15-6-4-13-36(42)40-28-45-41(27-44(40)49)37-14-5-7-16-43(37)50(45)35-12-8-9-33(25-35)48-46-31-21-17-29(18-22-31)38(46)26-39-30-19-23-32(24-20-30)47(39)48/h1-16,25-32H,17-24H2. The average molecular weight is 645 g/mol. The first-order valence-electron chi connectivity index (χ1n) is 19.1. The lowest BCUT2D eigenvalue weighted by atomic mass is 9.59. The van der Waals surface area contributed by atoms with Gasteiger partial charge in [-0.1, -0.05) is 72.8 Å². The first-order chi connectivity index (χ1) is 24.8. The molecule has 4 bridgehead atoms. The molecule has 0 N–H and O–H groups in total. The molecular weight excluding hydrogens is 605 g/mol. The molecule has 2 aromatic heterocycles. The molecule has 14 rings (SSSR count). The molecule has 2 saturated carbocycles. The van der Waals surface area contributed by atoms with Crippen molar-refractivity contribution in [3.8, 4) is 22.5 Å². The van der Waals surface area contributed by atoms with Gasteiger partial charge >= 0.3 is 0 Å². The average Bonchev–Trinajstić information content (AvgIpc) is 3.69. The van der Waals surface area contributed by atoms with Crippen LogP contribution in [0.5, 0.6) is 0 Å². The molecule has 50 heavy (non-hydrogen) atoms. The van der Waals surface area contributed by atoms with Crippen molar-refractivity contribution in [1.82, 2.24) is 9.13 Å². The van der Waals surface area contributed by atoms with Crippen molar-refractivity contribution < 1.29 is 0 Å². The van der Waals surface area contributed by atoms with E-state index in [2.05, 4.69) is 130 Å². The quantitative estimate of drug-likeness (QED) is 0.181. The van der Waals surface area contributed by atoms with Gasteiger partial charge in [0.15, 0.2) is 0 Å². The Balaban J connectivity index is 1.14. The molecule has 6 aliphatic rings. The molecule has 0 amide bonds. The lowest BCUT2D eigenvalue weighted by molar-refractivity contribution is 0.342. The van der Waals surface area contributed by atoms with E-state index in [0.29, 0.717) is 0 Å². The number of hydrogen-bond donors (Lipinski definition) is 0. The molecule has 0 atom stereocenters. The maximum Gasteiger partial charge on any atom is 0.0548 e. The van der Waals surface area contributed by atoms with E-state index in [1.165, 1.54) is 112 Å². The Kier molecular flexibility index (Phi) is 5.67. The molecule has 6 aliphatic carbocycles. The van der Waals surface area contributed by atoms with Crippen LogP contribution in [0, 0.1) is 0 Å². The van der Waals surface area contributed by atoms with Crippen LogP contribution in [0.3, 0.4) is 0 Å². The molecule has 2 nitrogen and oxygen atoms in total. The Hall–Kier alpha value is -5.08. The fourth-order valence-electron chi connectivity index (χ4n) is 11.4. The van der Waals surface area contributed by atoms with Gasteiger partial charge in [-0.3, -0.25) is 0 Å². The van der Waals surface area contributed by atoms with Crippen LogP contribution in [-0.2, 0) is 0 Å². The molecule has 6 aromatic carbocycles. The van der Waals surface area contributed by atoms with Crippen molar-refractivity contribution in [3.63, 3.8) is 0 Å². The van der Waals surface area contributed by atoms with Crippen molar-refractivity contribution in [2.24, 2.45) is 0 Å². The molecule has 2 heteroatoms. The Bertz CT molecular complexity index is 2630. The highest BCUT2D eigenvalue weighted by Gasteiger charge is 2.42. The summed E-state index contributed by atoms with van der Waals surface area (Å²) in [5.74, 6) is 2.98. The maximum absolute atomic E-state index is 2.74. The van der Waals surface area contributed by atoms with Crippen LogP contribution in [0.1, 0.15) is 97.3 Å². The van der Waals surface area contributed by atoms with Gasteiger partial charge in [-0.05, 0) is 157 Å². The molecule has 0 saturated heterocycles. The van der Waals surface area contributed by atoms with Crippen LogP contribution in [0.4, 0.5) is 0 Å². The zero-order valence-electron chi connectivity index (χ0n) is 28.4. The smallest absolute Gasteiger partial charge is 0.0548 e. The summed E-state index contributed by atoms with van der Waals surface area (Å²) in [6, 6.07) is 46.2. The zero-order valence-corrected chi connectivity index (χ0v) is 28.4. The van der Waals surface area contributed by atoms with Gasteiger partial charge in [0.25, 0.3) is 0 Å². The van der Waals surface area contributed by atoms with Crippen molar-refractivity contribution in [3.05, 3.63) is 144 Å². The van der Waals surface area contributed by atoms with Crippen LogP contribution < -0.4 is 0 Å². The van der Waals surface area contributed by atoms with Gasteiger partial charge < -0.3 is 9.13 Å². The molecule has 0 aliphatic heterocycles. The first kappa shape index (κ1) is 27.7. The monoisotopic (exact) mass is 644 g/mol. The second-order valence-electron chi connectivity index (χ2n) is 15.8. The van der Waals surface area contributed by atoms with Crippen LogP contribution in [-0.4, -0.2) is 9.13 Å². The Labute approximate surface area is 293 Å². The summed E-state index contributed by atoms with van der Waals surface area (Å²) in [7, 11) is 0. The maximum atomic E-state index is 2.74. The number of hydrogen-bond acceptors (Lipinski definition) is 0. The van der Waals surface area contributed by atoms with Crippen molar-refractivity contribution in [1.29, 1.82) is 0 Å². The van der Waals surface area contributed by atoms with Gasteiger partial charge in [0.05, 0.1) is 22.1 Å². The van der Waals surface area contributed by atoms with Gasteiger partial charge in [0.1, 0.15) is 0 Å². The van der Waals surface area contributed by atoms with Crippen LogP contribution in [0.25, 0.3) is 66.1 Å². The van der Waals surface area contributed by atoms with E-state index in [1.807, 2.05) is 0 Å². The molecule has 0 radical (unpaired) electrons. The molecule has 242 valence electrons. The van der Waals surface area contributed by atoms with E-state index in [1.54, 1.807) is 27.8 Å².